The second kappa shape index (κ2) is 7.21. The van der Waals surface area contributed by atoms with Gasteiger partial charge in [0.15, 0.2) is 0 Å². The second-order valence-corrected chi connectivity index (χ2v) is 4.32. The van der Waals surface area contributed by atoms with E-state index in [4.69, 9.17) is 10.8 Å². The summed E-state index contributed by atoms with van der Waals surface area (Å²) in [4.78, 5) is 2.53. The Morgan fingerprint density at radius 2 is 2.21 bits per heavy atom. The molecule has 0 aromatic carbocycles. The fourth-order valence-corrected chi connectivity index (χ4v) is 2.27. The van der Waals surface area contributed by atoms with Gasteiger partial charge in [0.05, 0.1) is 0 Å². The summed E-state index contributed by atoms with van der Waals surface area (Å²) in [5.41, 5.74) is 5.57. The molecule has 1 atom stereocenters. The lowest BCUT2D eigenvalue weighted by atomic mass is 9.95. The van der Waals surface area contributed by atoms with E-state index in [9.17, 15) is 0 Å². The van der Waals surface area contributed by atoms with E-state index in [0.717, 1.165) is 31.8 Å². The van der Waals surface area contributed by atoms with Crippen LogP contribution in [0.25, 0.3) is 0 Å². The highest BCUT2D eigenvalue weighted by molar-refractivity contribution is 4.73. The van der Waals surface area contributed by atoms with Crippen molar-refractivity contribution in [3.8, 4) is 0 Å². The highest BCUT2D eigenvalue weighted by atomic mass is 16.2. The molecule has 3 heteroatoms. The number of hydrogen-bond donors (Lipinski definition) is 2. The van der Waals surface area contributed by atoms with Gasteiger partial charge in [-0.3, -0.25) is 0 Å². The van der Waals surface area contributed by atoms with Crippen molar-refractivity contribution in [1.82, 2.24) is 4.90 Å². The lowest BCUT2D eigenvalue weighted by Crippen LogP contribution is -2.36. The van der Waals surface area contributed by atoms with Gasteiger partial charge in [-0.25, -0.2) is 0 Å². The van der Waals surface area contributed by atoms with Gasteiger partial charge in [0.25, 0.3) is 0 Å². The summed E-state index contributed by atoms with van der Waals surface area (Å²) in [6.07, 6.45) is 5.93. The number of aliphatic hydroxyl groups is 1. The molecule has 1 heterocycles. The van der Waals surface area contributed by atoms with Crippen molar-refractivity contribution in [2.24, 2.45) is 11.7 Å². The van der Waals surface area contributed by atoms with Crippen molar-refractivity contribution in [1.29, 1.82) is 0 Å². The molecule has 0 amide bonds. The first kappa shape index (κ1) is 12.0. The molecule has 0 aromatic rings. The molecule has 0 aliphatic carbocycles. The van der Waals surface area contributed by atoms with Crippen LogP contribution in [0.1, 0.15) is 32.1 Å². The van der Waals surface area contributed by atoms with Crippen molar-refractivity contribution in [3.05, 3.63) is 0 Å². The highest BCUT2D eigenvalue weighted by Crippen LogP contribution is 2.19. The van der Waals surface area contributed by atoms with E-state index in [1.165, 1.54) is 32.4 Å². The van der Waals surface area contributed by atoms with E-state index in [2.05, 4.69) is 4.90 Å². The van der Waals surface area contributed by atoms with Gasteiger partial charge >= 0.3 is 0 Å². The zero-order valence-electron chi connectivity index (χ0n) is 9.12. The monoisotopic (exact) mass is 200 g/mol. The number of aliphatic hydroxyl groups excluding tert-OH is 1. The quantitative estimate of drug-likeness (QED) is 0.624. The summed E-state index contributed by atoms with van der Waals surface area (Å²) in [6.45, 7) is 4.78. The van der Waals surface area contributed by atoms with E-state index in [1.807, 2.05) is 0 Å². The third-order valence-electron chi connectivity index (χ3n) is 3.06. The molecule has 1 rings (SSSR count). The van der Waals surface area contributed by atoms with E-state index < -0.39 is 0 Å². The molecule has 0 radical (unpaired) electrons. The van der Waals surface area contributed by atoms with Crippen LogP contribution < -0.4 is 5.73 Å². The van der Waals surface area contributed by atoms with E-state index in [0.29, 0.717) is 6.61 Å². The van der Waals surface area contributed by atoms with Gasteiger partial charge in [0.1, 0.15) is 0 Å². The Balaban J connectivity index is 2.12. The van der Waals surface area contributed by atoms with Crippen LogP contribution in [-0.4, -0.2) is 42.8 Å². The van der Waals surface area contributed by atoms with Crippen LogP contribution in [0.3, 0.4) is 0 Å². The predicted molar refractivity (Wildman–Crippen MR) is 59.2 cm³/mol. The third-order valence-corrected chi connectivity index (χ3v) is 3.06. The molecule has 0 spiro atoms. The third kappa shape index (κ3) is 4.40. The van der Waals surface area contributed by atoms with E-state index in [1.54, 1.807) is 0 Å². The average Bonchev–Trinajstić information content (AvgIpc) is 2.19. The molecule has 3 nitrogen and oxygen atoms in total. The maximum Gasteiger partial charge on any atom is 0.0431 e. The zero-order valence-corrected chi connectivity index (χ0v) is 9.12. The lowest BCUT2D eigenvalue weighted by molar-refractivity contribution is 0.163. The maximum atomic E-state index is 8.70. The predicted octanol–water partition coefficient (Wildman–Crippen LogP) is 0.820. The second-order valence-electron chi connectivity index (χ2n) is 4.32. The number of piperidine rings is 1. The van der Waals surface area contributed by atoms with Crippen molar-refractivity contribution in [3.63, 3.8) is 0 Å². The standard InChI is InChI=1S/C11H24N2O/c12-6-5-11-4-3-8-13(10-11)7-1-2-9-14/h11,14H,1-10,12H2/t11-/m0/s1. The molecule has 1 saturated heterocycles. The zero-order chi connectivity index (χ0) is 10.2. The summed E-state index contributed by atoms with van der Waals surface area (Å²) in [5, 5.41) is 8.70. The van der Waals surface area contributed by atoms with Crippen LogP contribution in [-0.2, 0) is 0 Å². The summed E-state index contributed by atoms with van der Waals surface area (Å²) in [6, 6.07) is 0. The minimum atomic E-state index is 0.333. The van der Waals surface area contributed by atoms with Gasteiger partial charge in [0.2, 0.25) is 0 Å². The number of nitrogens with zero attached hydrogens (tertiary/aromatic N) is 1. The number of rotatable bonds is 6. The molecule has 1 fully saturated rings. The Morgan fingerprint density at radius 3 is 2.93 bits per heavy atom. The smallest absolute Gasteiger partial charge is 0.0431 e. The van der Waals surface area contributed by atoms with Gasteiger partial charge in [-0.05, 0) is 57.7 Å². The molecule has 14 heavy (non-hydrogen) atoms. The summed E-state index contributed by atoms with van der Waals surface area (Å²) in [7, 11) is 0. The van der Waals surface area contributed by atoms with E-state index >= 15 is 0 Å². The van der Waals surface area contributed by atoms with Crippen LogP contribution in [0.15, 0.2) is 0 Å². The molecule has 0 saturated carbocycles. The lowest BCUT2D eigenvalue weighted by Gasteiger charge is -2.32. The number of hydrogen-bond acceptors (Lipinski definition) is 3. The molecule has 0 unspecified atom stereocenters. The van der Waals surface area contributed by atoms with Crippen LogP contribution in [0.5, 0.6) is 0 Å². The Labute approximate surface area is 87.3 Å². The fraction of sp³-hybridized carbons (Fsp3) is 1.00. The van der Waals surface area contributed by atoms with Crippen molar-refractivity contribution in [2.75, 3.05) is 32.8 Å². The minimum absolute atomic E-state index is 0.333. The van der Waals surface area contributed by atoms with Gasteiger partial charge in [-0.2, -0.15) is 0 Å². The SMILES string of the molecule is NCC[C@@H]1CCCN(CCCCO)C1. The number of nitrogens with two attached hydrogens (primary N) is 1. The molecule has 1 aliphatic heterocycles. The van der Waals surface area contributed by atoms with Crippen molar-refractivity contribution in [2.45, 2.75) is 32.1 Å². The molecule has 0 bridgehead atoms. The van der Waals surface area contributed by atoms with Crippen LogP contribution in [0, 0.1) is 5.92 Å². The molecule has 0 aromatic heterocycles. The van der Waals surface area contributed by atoms with Gasteiger partial charge < -0.3 is 15.7 Å². The van der Waals surface area contributed by atoms with Crippen LogP contribution >= 0.6 is 0 Å². The molecule has 84 valence electrons. The van der Waals surface area contributed by atoms with Gasteiger partial charge in [-0.15, -0.1) is 0 Å². The van der Waals surface area contributed by atoms with Crippen molar-refractivity contribution >= 4 is 0 Å². The molecule has 3 N–H and O–H groups in total. The van der Waals surface area contributed by atoms with E-state index in [-0.39, 0.29) is 0 Å². The average molecular weight is 200 g/mol. The normalized spacial score (nSPS) is 24.0. The Morgan fingerprint density at radius 1 is 1.36 bits per heavy atom. The first-order valence-electron chi connectivity index (χ1n) is 5.90. The molecular formula is C11H24N2O. The Kier molecular flexibility index (Phi) is 6.15. The molecular weight excluding hydrogens is 176 g/mol. The Hall–Kier alpha value is -0.120. The summed E-state index contributed by atoms with van der Waals surface area (Å²) >= 11 is 0. The van der Waals surface area contributed by atoms with Gasteiger partial charge in [0, 0.05) is 13.2 Å². The minimum Gasteiger partial charge on any atom is -0.396 e. The number of likely N-dealkylation sites (tertiary alicyclic amines) is 1. The first-order valence-corrected chi connectivity index (χ1v) is 5.90. The number of unbranched alkanes of at least 4 members (excludes halogenated alkanes) is 1. The summed E-state index contributed by atoms with van der Waals surface area (Å²) < 4.78 is 0. The fourth-order valence-electron chi connectivity index (χ4n) is 2.27. The van der Waals surface area contributed by atoms with Crippen molar-refractivity contribution < 1.29 is 5.11 Å². The highest BCUT2D eigenvalue weighted by Gasteiger charge is 2.18. The largest absolute Gasteiger partial charge is 0.396 e. The van der Waals surface area contributed by atoms with Crippen LogP contribution in [0.2, 0.25) is 0 Å². The van der Waals surface area contributed by atoms with Gasteiger partial charge in [-0.1, -0.05) is 0 Å². The Bertz CT molecular complexity index is 139. The summed E-state index contributed by atoms with van der Waals surface area (Å²) in [5.74, 6) is 0.822. The van der Waals surface area contributed by atoms with Crippen LogP contribution in [0.4, 0.5) is 0 Å². The molecule has 1 aliphatic rings. The first-order chi connectivity index (χ1) is 6.86. The maximum absolute atomic E-state index is 8.70. The topological polar surface area (TPSA) is 49.5 Å².